The summed E-state index contributed by atoms with van der Waals surface area (Å²) in [7, 11) is 0. The molecule has 1 unspecified atom stereocenters. The lowest BCUT2D eigenvalue weighted by molar-refractivity contribution is 0.601. The Morgan fingerprint density at radius 1 is 1.28 bits per heavy atom. The molecule has 0 saturated carbocycles. The van der Waals surface area contributed by atoms with Crippen LogP contribution in [0, 0.1) is 0 Å². The molecule has 0 radical (unpaired) electrons. The molecule has 0 spiro atoms. The number of aromatic nitrogens is 1. The Labute approximate surface area is 115 Å². The summed E-state index contributed by atoms with van der Waals surface area (Å²) in [5, 5.41) is 0.630. The SMILES string of the molecule is CCc1cccc(-c2cc([S+](C)[O-])ccc2Cl)n1. The third-order valence-corrected chi connectivity index (χ3v) is 3.96. The van der Waals surface area contributed by atoms with Crippen LogP contribution in [0.2, 0.25) is 5.02 Å². The molecule has 18 heavy (non-hydrogen) atoms. The molecule has 2 nitrogen and oxygen atoms in total. The summed E-state index contributed by atoms with van der Waals surface area (Å²) in [4.78, 5) is 5.30. The lowest BCUT2D eigenvalue weighted by atomic mass is 10.1. The Morgan fingerprint density at radius 3 is 2.72 bits per heavy atom. The maximum atomic E-state index is 11.5. The Kier molecular flexibility index (Phi) is 4.27. The molecule has 2 rings (SSSR count). The maximum Gasteiger partial charge on any atom is 0.153 e. The second-order valence-corrected chi connectivity index (χ2v) is 5.75. The molecule has 1 aromatic carbocycles. The number of rotatable bonds is 3. The van der Waals surface area contributed by atoms with Gasteiger partial charge < -0.3 is 4.55 Å². The summed E-state index contributed by atoms with van der Waals surface area (Å²) in [6.07, 6.45) is 2.54. The van der Waals surface area contributed by atoms with Gasteiger partial charge in [0.1, 0.15) is 6.26 Å². The average molecular weight is 280 g/mol. The lowest BCUT2D eigenvalue weighted by Crippen LogP contribution is -1.98. The van der Waals surface area contributed by atoms with E-state index in [0.29, 0.717) is 5.02 Å². The van der Waals surface area contributed by atoms with Gasteiger partial charge >= 0.3 is 0 Å². The molecule has 0 aliphatic rings. The van der Waals surface area contributed by atoms with Crippen molar-refractivity contribution < 1.29 is 4.55 Å². The second kappa shape index (κ2) is 5.74. The molecule has 0 amide bonds. The molecule has 2 aromatic rings. The zero-order valence-corrected chi connectivity index (χ0v) is 11.9. The van der Waals surface area contributed by atoms with Gasteiger partial charge in [0.15, 0.2) is 4.90 Å². The molecule has 0 aliphatic carbocycles. The third kappa shape index (κ3) is 2.86. The molecule has 0 N–H and O–H groups in total. The van der Waals surface area contributed by atoms with Crippen molar-refractivity contribution in [2.24, 2.45) is 0 Å². The fourth-order valence-corrected chi connectivity index (χ4v) is 2.46. The molecule has 1 atom stereocenters. The highest BCUT2D eigenvalue weighted by atomic mass is 35.5. The van der Waals surface area contributed by atoms with Gasteiger partial charge in [0.2, 0.25) is 0 Å². The topological polar surface area (TPSA) is 36.0 Å². The summed E-state index contributed by atoms with van der Waals surface area (Å²) < 4.78 is 11.5. The fraction of sp³-hybridized carbons (Fsp3) is 0.214. The number of hydrogen-bond acceptors (Lipinski definition) is 2. The van der Waals surface area contributed by atoms with E-state index in [1.807, 2.05) is 24.3 Å². The Balaban J connectivity index is 2.51. The molecule has 94 valence electrons. The van der Waals surface area contributed by atoms with Crippen LogP contribution in [-0.2, 0) is 17.6 Å². The van der Waals surface area contributed by atoms with Crippen LogP contribution in [0.1, 0.15) is 12.6 Å². The molecule has 0 bridgehead atoms. The van der Waals surface area contributed by atoms with Gasteiger partial charge in [-0.1, -0.05) is 24.6 Å². The number of nitrogens with zero attached hydrogens (tertiary/aromatic N) is 1. The van der Waals surface area contributed by atoms with E-state index in [4.69, 9.17) is 11.6 Å². The van der Waals surface area contributed by atoms with Crippen molar-refractivity contribution in [1.29, 1.82) is 0 Å². The molecular formula is C14H14ClNOS. The Bertz CT molecular complexity index is 557. The van der Waals surface area contributed by atoms with Gasteiger partial charge in [-0.15, -0.1) is 0 Å². The first-order chi connectivity index (χ1) is 8.61. The van der Waals surface area contributed by atoms with Crippen LogP contribution >= 0.6 is 11.6 Å². The van der Waals surface area contributed by atoms with Gasteiger partial charge in [-0.05, 0) is 41.9 Å². The summed E-state index contributed by atoms with van der Waals surface area (Å²) in [5.74, 6) is 0. The average Bonchev–Trinajstić information content (AvgIpc) is 2.39. The maximum absolute atomic E-state index is 11.5. The van der Waals surface area contributed by atoms with Crippen LogP contribution in [0.3, 0.4) is 0 Å². The highest BCUT2D eigenvalue weighted by molar-refractivity contribution is 7.90. The van der Waals surface area contributed by atoms with E-state index in [1.165, 1.54) is 0 Å². The zero-order chi connectivity index (χ0) is 13.1. The summed E-state index contributed by atoms with van der Waals surface area (Å²) >= 11 is 5.18. The summed E-state index contributed by atoms with van der Waals surface area (Å²) in [6, 6.07) is 11.3. The molecule has 4 heteroatoms. The Hall–Kier alpha value is -1.03. The third-order valence-electron chi connectivity index (χ3n) is 2.71. The fourth-order valence-electron chi connectivity index (χ4n) is 1.71. The van der Waals surface area contributed by atoms with E-state index in [1.54, 1.807) is 18.4 Å². The van der Waals surface area contributed by atoms with Crippen LogP contribution in [0.25, 0.3) is 11.3 Å². The quantitative estimate of drug-likeness (QED) is 0.803. The van der Waals surface area contributed by atoms with Crippen LogP contribution in [-0.4, -0.2) is 15.8 Å². The zero-order valence-electron chi connectivity index (χ0n) is 10.3. The van der Waals surface area contributed by atoms with Crippen molar-refractivity contribution >= 4 is 22.8 Å². The van der Waals surface area contributed by atoms with Crippen molar-refractivity contribution in [3.8, 4) is 11.3 Å². The van der Waals surface area contributed by atoms with Gasteiger partial charge in [0.25, 0.3) is 0 Å². The van der Waals surface area contributed by atoms with Crippen molar-refractivity contribution in [3.05, 3.63) is 47.1 Å². The largest absolute Gasteiger partial charge is 0.612 e. The first-order valence-corrected chi connectivity index (χ1v) is 7.64. The van der Waals surface area contributed by atoms with Crippen molar-refractivity contribution in [1.82, 2.24) is 4.98 Å². The Morgan fingerprint density at radius 2 is 2.06 bits per heavy atom. The minimum atomic E-state index is -1.01. The smallest absolute Gasteiger partial charge is 0.153 e. The first-order valence-electron chi connectivity index (χ1n) is 5.71. The van der Waals surface area contributed by atoms with Crippen LogP contribution in [0.15, 0.2) is 41.3 Å². The summed E-state index contributed by atoms with van der Waals surface area (Å²) in [6.45, 7) is 2.06. The van der Waals surface area contributed by atoms with Crippen molar-refractivity contribution in [3.63, 3.8) is 0 Å². The van der Waals surface area contributed by atoms with E-state index in [2.05, 4.69) is 11.9 Å². The monoisotopic (exact) mass is 279 g/mol. The predicted molar refractivity (Wildman–Crippen MR) is 76.4 cm³/mol. The number of halogens is 1. The predicted octanol–water partition coefficient (Wildman–Crippen LogP) is 3.70. The highest BCUT2D eigenvalue weighted by Gasteiger charge is 2.11. The van der Waals surface area contributed by atoms with Gasteiger partial charge in [-0.2, -0.15) is 0 Å². The van der Waals surface area contributed by atoms with Crippen molar-refractivity contribution in [2.45, 2.75) is 18.2 Å². The molecule has 1 aromatic heterocycles. The minimum Gasteiger partial charge on any atom is -0.612 e. The molecular weight excluding hydrogens is 266 g/mol. The normalized spacial score (nSPS) is 12.4. The summed E-state index contributed by atoms with van der Waals surface area (Å²) in [5.41, 5.74) is 2.68. The number of hydrogen-bond donors (Lipinski definition) is 0. The molecule has 0 aliphatic heterocycles. The van der Waals surface area contributed by atoms with Crippen molar-refractivity contribution in [2.75, 3.05) is 6.26 Å². The number of benzene rings is 1. The lowest BCUT2D eigenvalue weighted by Gasteiger charge is -2.09. The molecule has 1 heterocycles. The van der Waals surface area contributed by atoms with Crippen LogP contribution in [0.5, 0.6) is 0 Å². The number of pyridine rings is 1. The van der Waals surface area contributed by atoms with Gasteiger partial charge in [-0.25, -0.2) is 0 Å². The van der Waals surface area contributed by atoms with Gasteiger partial charge in [0, 0.05) is 17.3 Å². The van der Waals surface area contributed by atoms with Gasteiger partial charge in [0.05, 0.1) is 10.7 Å². The van der Waals surface area contributed by atoms with E-state index in [-0.39, 0.29) is 0 Å². The highest BCUT2D eigenvalue weighted by Crippen LogP contribution is 2.29. The van der Waals surface area contributed by atoms with Gasteiger partial charge in [-0.3, -0.25) is 4.98 Å². The van der Waals surface area contributed by atoms with E-state index in [0.717, 1.165) is 28.3 Å². The molecule has 0 fully saturated rings. The first kappa shape index (κ1) is 13.4. The molecule has 0 saturated heterocycles. The van der Waals surface area contributed by atoms with E-state index >= 15 is 0 Å². The second-order valence-electron chi connectivity index (χ2n) is 3.96. The van der Waals surface area contributed by atoms with E-state index < -0.39 is 11.2 Å². The minimum absolute atomic E-state index is 0.630. The van der Waals surface area contributed by atoms with Crippen LogP contribution in [0.4, 0.5) is 0 Å². The van der Waals surface area contributed by atoms with Crippen LogP contribution < -0.4 is 0 Å². The standard InChI is InChI=1S/C14H14ClNOS/c1-3-10-5-4-6-14(16-10)12-9-11(18(2)17)7-8-13(12)15/h4-9H,3H2,1-2H3. The van der Waals surface area contributed by atoms with E-state index in [9.17, 15) is 4.55 Å². The number of aryl methyl sites for hydroxylation is 1.